The first-order chi connectivity index (χ1) is 3.15. The van der Waals surface area contributed by atoms with E-state index in [4.69, 9.17) is 0 Å². The summed E-state index contributed by atoms with van der Waals surface area (Å²) in [5.74, 6) is 0. The second-order valence-corrected chi connectivity index (χ2v) is 1.84. The van der Waals surface area contributed by atoms with Crippen LogP contribution in [0.4, 0.5) is 0 Å². The van der Waals surface area contributed by atoms with Crippen LogP contribution >= 0.6 is 0 Å². The van der Waals surface area contributed by atoms with Crippen LogP contribution in [0.3, 0.4) is 0 Å². The van der Waals surface area contributed by atoms with E-state index in [-0.39, 0.29) is 1.43 Å². The predicted molar refractivity (Wildman–Crippen MR) is 36.7 cm³/mol. The Kier molecular flexibility index (Phi) is 13.3. The molecule has 0 aromatic carbocycles. The Morgan fingerprint density at radius 1 is 1.14 bits per heavy atom. The van der Waals surface area contributed by atoms with Gasteiger partial charge >= 0.3 is 0 Å². The lowest BCUT2D eigenvalue weighted by Gasteiger charge is -1.90. The Bertz CT molecular complexity index is 21.6. The molecule has 0 amide bonds. The minimum absolute atomic E-state index is 0. The maximum Gasteiger partial charge on any atom is 0 e. The highest BCUT2D eigenvalue weighted by Crippen LogP contribution is 1.47. The highest BCUT2D eigenvalue weighted by Gasteiger charge is 1.58. The minimum atomic E-state index is 0. The van der Waals surface area contributed by atoms with Crippen molar-refractivity contribution in [2.24, 2.45) is 0 Å². The lowest BCUT2D eigenvalue weighted by molar-refractivity contribution is 0.505. The number of hydrogen-bond donors (Lipinski definition) is 1. The molecule has 1 N–H and O–H groups in total. The summed E-state index contributed by atoms with van der Waals surface area (Å²) in [4.78, 5) is 2.00. The molecule has 0 bridgehead atoms. The third-order valence-corrected chi connectivity index (χ3v) is 0. The van der Waals surface area contributed by atoms with E-state index in [9.17, 15) is 0 Å². The molecule has 0 aliphatic carbocycles. The summed E-state index contributed by atoms with van der Waals surface area (Å²) < 4.78 is 0. The normalized spacial score (nSPS) is 7.71. The Labute approximate surface area is 48.0 Å². The average Bonchev–Trinajstić information content (AvgIpc) is 1.33. The summed E-state index contributed by atoms with van der Waals surface area (Å²) in [6.45, 7) is 0. The molecule has 0 rings (SSSR count). The van der Waals surface area contributed by atoms with Gasteiger partial charge in [0.05, 0.1) is 0 Å². The number of nitrogens with one attached hydrogen (secondary N) is 1. The van der Waals surface area contributed by atoms with Crippen molar-refractivity contribution in [3.63, 3.8) is 0 Å². The van der Waals surface area contributed by atoms with Crippen molar-refractivity contribution in [2.75, 3.05) is 35.2 Å². The number of rotatable bonds is 0. The van der Waals surface area contributed by atoms with Crippen LogP contribution in [0.2, 0.25) is 0 Å². The van der Waals surface area contributed by atoms with Crippen molar-refractivity contribution in [3.8, 4) is 0 Å². The molecule has 0 saturated heterocycles. The van der Waals surface area contributed by atoms with Crippen LogP contribution < -0.4 is 5.32 Å². The van der Waals surface area contributed by atoms with Gasteiger partial charge in [-0.3, -0.25) is 0 Å². The molecule has 0 aliphatic rings. The molecule has 0 aromatic rings. The van der Waals surface area contributed by atoms with Gasteiger partial charge < -0.3 is 10.2 Å². The molecular formula is C5H18N2. The Hall–Kier alpha value is -0.0800. The second kappa shape index (κ2) is 9.33. The zero-order valence-corrected chi connectivity index (χ0v) is 5.95. The summed E-state index contributed by atoms with van der Waals surface area (Å²) in [6, 6.07) is 0. The molecule has 48 valence electrons. The maximum absolute atomic E-state index is 2.75. The molecule has 0 aromatic heterocycles. The molecule has 0 atom stereocenters. The highest BCUT2D eigenvalue weighted by molar-refractivity contribution is 4.09. The Balaban J connectivity index is -0.0000000575. The van der Waals surface area contributed by atoms with Gasteiger partial charge in [-0.25, -0.2) is 0 Å². The van der Waals surface area contributed by atoms with Gasteiger partial charge in [0.25, 0.3) is 0 Å². The predicted octanol–water partition coefficient (Wildman–Crippen LogP) is 0.259. The van der Waals surface area contributed by atoms with Crippen molar-refractivity contribution in [2.45, 2.75) is 0 Å². The molecule has 2 nitrogen and oxygen atoms in total. The van der Waals surface area contributed by atoms with Gasteiger partial charge in [0.15, 0.2) is 0 Å². The Morgan fingerprint density at radius 3 is 1.14 bits per heavy atom. The fraction of sp³-hybridized carbons (Fsp3) is 1.00. The zero-order valence-electron chi connectivity index (χ0n) is 5.95. The quantitative estimate of drug-likeness (QED) is 0.476. The van der Waals surface area contributed by atoms with E-state index in [0.717, 1.165) is 0 Å². The molecule has 0 unspecified atom stereocenters. The van der Waals surface area contributed by atoms with E-state index in [1.165, 1.54) is 0 Å². The van der Waals surface area contributed by atoms with Gasteiger partial charge in [-0.1, -0.05) is 0 Å². The molecule has 0 fully saturated rings. The third-order valence-electron chi connectivity index (χ3n) is 0. The van der Waals surface area contributed by atoms with Crippen molar-refractivity contribution in [3.05, 3.63) is 0 Å². The van der Waals surface area contributed by atoms with Crippen LogP contribution in [0.1, 0.15) is 1.43 Å². The average molecular weight is 106 g/mol. The van der Waals surface area contributed by atoms with Crippen molar-refractivity contribution in [1.82, 2.24) is 10.2 Å². The topological polar surface area (TPSA) is 15.3 Å². The third kappa shape index (κ3) is 14200. The number of nitrogens with zero attached hydrogens (tertiary/aromatic N) is 1. The van der Waals surface area contributed by atoms with Crippen LogP contribution in [0.15, 0.2) is 0 Å². The van der Waals surface area contributed by atoms with E-state index in [1.807, 2.05) is 40.1 Å². The molecule has 7 heavy (non-hydrogen) atoms. The smallest absolute Gasteiger partial charge is 0 e. The SMILES string of the molecule is CN(C)C.CNC.[HH]. The van der Waals surface area contributed by atoms with E-state index in [2.05, 4.69) is 5.32 Å². The fourth-order valence-corrected chi connectivity index (χ4v) is 0. The standard InChI is InChI=1S/C3H9N.C2H7N.H2/c1-4(2)3;1-3-2;/h1-3H3;3H,1-2H3;1H. The summed E-state index contributed by atoms with van der Waals surface area (Å²) in [7, 11) is 9.75. The number of hydrogen-bond acceptors (Lipinski definition) is 2. The van der Waals surface area contributed by atoms with E-state index < -0.39 is 0 Å². The first kappa shape index (κ1) is 10.0. The molecule has 0 saturated carbocycles. The van der Waals surface area contributed by atoms with Crippen molar-refractivity contribution < 1.29 is 1.43 Å². The zero-order chi connectivity index (χ0) is 6.28. The molecule has 0 heterocycles. The summed E-state index contributed by atoms with van der Waals surface area (Å²) in [5.41, 5.74) is 0. The first-order valence-electron chi connectivity index (χ1n) is 2.34. The molecule has 0 spiro atoms. The van der Waals surface area contributed by atoms with Gasteiger partial charge in [-0.2, -0.15) is 0 Å². The summed E-state index contributed by atoms with van der Waals surface area (Å²) >= 11 is 0. The second-order valence-electron chi connectivity index (χ2n) is 1.84. The minimum Gasteiger partial charge on any atom is -0.323 e. The van der Waals surface area contributed by atoms with E-state index in [0.29, 0.717) is 0 Å². The van der Waals surface area contributed by atoms with E-state index >= 15 is 0 Å². The fourth-order valence-electron chi connectivity index (χ4n) is 0. The largest absolute Gasteiger partial charge is 0.323 e. The molecule has 0 radical (unpaired) electrons. The summed E-state index contributed by atoms with van der Waals surface area (Å²) in [5, 5.41) is 2.75. The van der Waals surface area contributed by atoms with E-state index in [1.54, 1.807) is 0 Å². The van der Waals surface area contributed by atoms with Gasteiger partial charge in [-0.05, 0) is 35.2 Å². The first-order valence-corrected chi connectivity index (χ1v) is 2.34. The Morgan fingerprint density at radius 2 is 1.14 bits per heavy atom. The maximum atomic E-state index is 2.75. The van der Waals surface area contributed by atoms with Crippen LogP contribution in [-0.4, -0.2) is 40.1 Å². The lowest BCUT2D eigenvalue weighted by Crippen LogP contribution is -1.99. The van der Waals surface area contributed by atoms with Crippen LogP contribution in [-0.2, 0) is 0 Å². The van der Waals surface area contributed by atoms with Crippen molar-refractivity contribution >= 4 is 0 Å². The van der Waals surface area contributed by atoms with Gasteiger partial charge in [-0.15, -0.1) is 0 Å². The molecule has 0 aliphatic heterocycles. The molecule has 2 heteroatoms. The van der Waals surface area contributed by atoms with Gasteiger partial charge in [0.1, 0.15) is 0 Å². The van der Waals surface area contributed by atoms with Crippen molar-refractivity contribution in [1.29, 1.82) is 0 Å². The highest BCUT2D eigenvalue weighted by atomic mass is 15.0. The van der Waals surface area contributed by atoms with Crippen LogP contribution in [0.25, 0.3) is 0 Å². The van der Waals surface area contributed by atoms with Crippen LogP contribution in [0, 0.1) is 0 Å². The lowest BCUT2D eigenvalue weighted by atomic mass is 11.0. The monoisotopic (exact) mass is 106 g/mol. The van der Waals surface area contributed by atoms with Crippen LogP contribution in [0.5, 0.6) is 0 Å². The van der Waals surface area contributed by atoms with Gasteiger partial charge in [0.2, 0.25) is 0 Å². The molecular weight excluding hydrogens is 88.1 g/mol. The summed E-state index contributed by atoms with van der Waals surface area (Å²) in [6.07, 6.45) is 0. The van der Waals surface area contributed by atoms with Gasteiger partial charge in [0, 0.05) is 1.43 Å².